The Morgan fingerprint density at radius 1 is 1.54 bits per heavy atom. The number of ether oxygens (including phenoxy) is 1. The van der Waals surface area contributed by atoms with Crippen molar-refractivity contribution in [3.63, 3.8) is 0 Å². The first kappa shape index (κ1) is 12.3. The monoisotopic (exact) mass is 192 g/mol. The number of quaternary nitrogens is 1. The van der Waals surface area contributed by atoms with Crippen LogP contribution in [0.2, 0.25) is 0 Å². The molecule has 0 bridgehead atoms. The van der Waals surface area contributed by atoms with Gasteiger partial charge in [-0.3, -0.25) is 0 Å². The fourth-order valence-electron chi connectivity index (χ4n) is 1.25. The summed E-state index contributed by atoms with van der Waals surface area (Å²) in [7, 11) is 5.01. The molecule has 0 fully saturated rings. The zero-order chi connectivity index (χ0) is 10.5. The van der Waals surface area contributed by atoms with E-state index in [1.54, 1.807) is 14.1 Å². The van der Waals surface area contributed by atoms with Crippen molar-refractivity contribution in [2.45, 2.75) is 6.10 Å². The van der Waals surface area contributed by atoms with Crippen LogP contribution in [-0.4, -0.2) is 67.7 Å². The zero-order valence-electron chi connectivity index (χ0n) is 8.36. The molecule has 0 aromatic heterocycles. The normalized spacial score (nSPS) is 14.2. The highest BCUT2D eigenvalue weighted by Gasteiger charge is 2.23. The number of methoxy groups -OCH3 is 1. The lowest BCUT2D eigenvalue weighted by Gasteiger charge is -2.29. The summed E-state index contributed by atoms with van der Waals surface area (Å²) in [5.41, 5.74) is 0. The van der Waals surface area contributed by atoms with Gasteiger partial charge in [-0.15, -0.1) is 0 Å². The molecular weight excluding hydrogens is 174 g/mol. The summed E-state index contributed by atoms with van der Waals surface area (Å²) in [5.74, 6) is -0.866. The fourth-order valence-corrected chi connectivity index (χ4v) is 1.25. The maximum absolute atomic E-state index is 10.4. The summed E-state index contributed by atoms with van der Waals surface area (Å²) in [6, 6.07) is 0. The van der Waals surface area contributed by atoms with Gasteiger partial charge in [0.2, 0.25) is 0 Å². The maximum atomic E-state index is 10.4. The number of hydrogen-bond donors (Lipinski definition) is 2. The van der Waals surface area contributed by atoms with Gasteiger partial charge in [-0.1, -0.05) is 0 Å². The minimum Gasteiger partial charge on any atom is -0.477 e. The predicted octanol–water partition coefficient (Wildman–Crippen LogP) is -0.845. The summed E-state index contributed by atoms with van der Waals surface area (Å²) >= 11 is 0. The van der Waals surface area contributed by atoms with Gasteiger partial charge >= 0.3 is 5.97 Å². The van der Waals surface area contributed by atoms with E-state index in [0.717, 1.165) is 0 Å². The van der Waals surface area contributed by atoms with Gasteiger partial charge in [-0.05, 0) is 0 Å². The second kappa shape index (κ2) is 5.16. The van der Waals surface area contributed by atoms with Crippen LogP contribution in [0.4, 0.5) is 0 Å². The molecule has 0 amide bonds. The summed E-state index contributed by atoms with van der Waals surface area (Å²) < 4.78 is 5.00. The van der Waals surface area contributed by atoms with Crippen molar-refractivity contribution in [1.82, 2.24) is 0 Å². The molecule has 1 unspecified atom stereocenters. The Morgan fingerprint density at radius 3 is 2.46 bits per heavy atom. The second-order valence-electron chi connectivity index (χ2n) is 3.78. The summed E-state index contributed by atoms with van der Waals surface area (Å²) in [4.78, 5) is 10.4. The highest BCUT2D eigenvalue weighted by atomic mass is 16.5. The Balaban J connectivity index is 3.92. The molecular formula is C8H18NO4+. The number of likely N-dealkylation sites (N-methyl/N-ethyl adjacent to an activating group) is 1. The molecule has 0 radical (unpaired) electrons. The number of aliphatic hydroxyl groups excluding tert-OH is 1. The van der Waals surface area contributed by atoms with Crippen molar-refractivity contribution in [2.75, 3.05) is 40.9 Å². The molecule has 0 saturated heterocycles. The number of carboxylic acids is 1. The van der Waals surface area contributed by atoms with Crippen molar-refractivity contribution in [2.24, 2.45) is 0 Å². The van der Waals surface area contributed by atoms with E-state index in [9.17, 15) is 9.90 Å². The highest BCUT2D eigenvalue weighted by Crippen LogP contribution is 1.99. The number of aliphatic carboxylic acids is 1. The van der Waals surface area contributed by atoms with Crippen LogP contribution in [0.1, 0.15) is 0 Å². The largest absolute Gasteiger partial charge is 0.477 e. The maximum Gasteiger partial charge on any atom is 0.359 e. The van der Waals surface area contributed by atoms with Crippen LogP contribution in [0.3, 0.4) is 0 Å². The predicted molar refractivity (Wildman–Crippen MR) is 47.4 cm³/mol. The van der Waals surface area contributed by atoms with Gasteiger partial charge in [0.1, 0.15) is 12.6 Å². The molecule has 0 aromatic rings. The average molecular weight is 192 g/mol. The lowest BCUT2D eigenvalue weighted by Crippen LogP contribution is -2.49. The van der Waals surface area contributed by atoms with Crippen LogP contribution in [0.25, 0.3) is 0 Å². The average Bonchev–Trinajstić information content (AvgIpc) is 1.81. The minimum absolute atomic E-state index is 0.000768. The van der Waals surface area contributed by atoms with E-state index >= 15 is 0 Å². The van der Waals surface area contributed by atoms with Gasteiger partial charge < -0.3 is 19.4 Å². The number of hydrogen-bond acceptors (Lipinski definition) is 3. The zero-order valence-corrected chi connectivity index (χ0v) is 8.36. The van der Waals surface area contributed by atoms with Gasteiger partial charge in [0, 0.05) is 7.11 Å². The van der Waals surface area contributed by atoms with Crippen LogP contribution >= 0.6 is 0 Å². The number of carboxylic acid groups (broad SMARTS) is 1. The third-order valence-electron chi connectivity index (χ3n) is 1.63. The third-order valence-corrected chi connectivity index (χ3v) is 1.63. The lowest BCUT2D eigenvalue weighted by atomic mass is 10.3. The van der Waals surface area contributed by atoms with Gasteiger partial charge in [-0.25, -0.2) is 4.79 Å². The molecule has 0 aliphatic rings. The van der Waals surface area contributed by atoms with Crippen LogP contribution in [0.5, 0.6) is 0 Å². The Hall–Kier alpha value is -0.650. The molecule has 0 aromatic carbocycles. The quantitative estimate of drug-likeness (QED) is 0.538. The van der Waals surface area contributed by atoms with Crippen molar-refractivity contribution >= 4 is 5.97 Å². The first-order chi connectivity index (χ1) is 5.87. The fraction of sp³-hybridized carbons (Fsp3) is 0.875. The molecule has 0 aliphatic carbocycles. The SMILES string of the molecule is COCC(O)C[N+](C)(C)CC(=O)O. The molecule has 0 spiro atoms. The summed E-state index contributed by atoms with van der Waals surface area (Å²) in [5, 5.41) is 17.9. The van der Waals surface area contributed by atoms with Crippen molar-refractivity contribution in [3.05, 3.63) is 0 Å². The molecule has 13 heavy (non-hydrogen) atoms. The molecule has 2 N–H and O–H groups in total. The van der Waals surface area contributed by atoms with Crippen LogP contribution < -0.4 is 0 Å². The second-order valence-corrected chi connectivity index (χ2v) is 3.78. The van der Waals surface area contributed by atoms with Gasteiger partial charge in [0.05, 0.1) is 20.7 Å². The van der Waals surface area contributed by atoms with Crippen molar-refractivity contribution in [1.29, 1.82) is 0 Å². The number of rotatable bonds is 6. The Labute approximate surface area is 78.1 Å². The van der Waals surface area contributed by atoms with Crippen LogP contribution in [-0.2, 0) is 9.53 Å². The molecule has 78 valence electrons. The van der Waals surface area contributed by atoms with E-state index in [0.29, 0.717) is 6.54 Å². The van der Waals surface area contributed by atoms with E-state index in [1.165, 1.54) is 7.11 Å². The molecule has 0 saturated carbocycles. The minimum atomic E-state index is -0.866. The van der Waals surface area contributed by atoms with Gasteiger partial charge in [0.25, 0.3) is 0 Å². The topological polar surface area (TPSA) is 66.8 Å². The molecule has 5 nitrogen and oxygen atoms in total. The van der Waals surface area contributed by atoms with Crippen LogP contribution in [0, 0.1) is 0 Å². The Morgan fingerprint density at radius 2 is 2.08 bits per heavy atom. The summed E-state index contributed by atoms with van der Waals surface area (Å²) in [6.07, 6.45) is -0.612. The van der Waals surface area contributed by atoms with Crippen molar-refractivity contribution in [3.8, 4) is 0 Å². The number of nitrogens with zero attached hydrogens (tertiary/aromatic N) is 1. The molecule has 0 heterocycles. The number of carbonyl (C=O) groups is 1. The van der Waals surface area contributed by atoms with E-state index in [-0.39, 0.29) is 17.6 Å². The van der Waals surface area contributed by atoms with Gasteiger partial charge in [-0.2, -0.15) is 0 Å². The van der Waals surface area contributed by atoms with Crippen LogP contribution in [0.15, 0.2) is 0 Å². The molecule has 0 aliphatic heterocycles. The van der Waals surface area contributed by atoms with E-state index in [4.69, 9.17) is 9.84 Å². The molecule has 1 atom stereocenters. The smallest absolute Gasteiger partial charge is 0.359 e. The van der Waals surface area contributed by atoms with Crippen molar-refractivity contribution < 1.29 is 24.2 Å². The first-order valence-electron chi connectivity index (χ1n) is 4.08. The lowest BCUT2D eigenvalue weighted by molar-refractivity contribution is -0.886. The summed E-state index contributed by atoms with van der Waals surface area (Å²) in [6.45, 7) is 0.613. The Kier molecular flexibility index (Phi) is 4.90. The highest BCUT2D eigenvalue weighted by molar-refractivity contribution is 5.67. The van der Waals surface area contributed by atoms with E-state index in [2.05, 4.69) is 0 Å². The molecule has 5 heteroatoms. The third kappa shape index (κ3) is 6.51. The van der Waals surface area contributed by atoms with Gasteiger partial charge in [0.15, 0.2) is 6.54 Å². The molecule has 0 rings (SSSR count). The Bertz CT molecular complexity index is 170. The first-order valence-corrected chi connectivity index (χ1v) is 4.08. The van der Waals surface area contributed by atoms with E-state index < -0.39 is 12.1 Å². The van der Waals surface area contributed by atoms with E-state index in [1.807, 2.05) is 0 Å². The standard InChI is InChI=1S/C8H17NO4/c1-9(2,5-8(11)12)4-7(10)6-13-3/h7,10H,4-6H2,1-3H3/p+1. The number of aliphatic hydroxyl groups is 1.